The molecule has 100 valence electrons. The minimum absolute atomic E-state index is 0.239. The van der Waals surface area contributed by atoms with Crippen LogP contribution in [0.3, 0.4) is 0 Å². The van der Waals surface area contributed by atoms with Gasteiger partial charge >= 0.3 is 5.97 Å². The number of benzene rings is 1. The van der Waals surface area contributed by atoms with Gasteiger partial charge in [0, 0.05) is 0 Å². The molecular formula is C14H21NO3. The molecule has 1 aromatic rings. The molecule has 0 aliphatic heterocycles. The second-order valence-electron chi connectivity index (χ2n) is 4.30. The Labute approximate surface area is 108 Å². The van der Waals surface area contributed by atoms with Gasteiger partial charge in [-0.25, -0.2) is 0 Å². The van der Waals surface area contributed by atoms with Crippen molar-refractivity contribution in [2.45, 2.75) is 25.8 Å². The van der Waals surface area contributed by atoms with Crippen molar-refractivity contribution in [3.05, 3.63) is 35.4 Å². The Bertz CT molecular complexity index is 362. The molecule has 0 saturated carbocycles. The smallest absolute Gasteiger partial charge is 0.325 e. The lowest BCUT2D eigenvalue weighted by molar-refractivity contribution is -0.144. The normalized spacial score (nSPS) is 12.2. The SMILES string of the molecule is COC(=O)C(CO)NCCCc1ccc(C)cc1. The summed E-state index contributed by atoms with van der Waals surface area (Å²) in [6.07, 6.45) is 1.86. The number of methoxy groups -OCH3 is 1. The Balaban J connectivity index is 2.25. The van der Waals surface area contributed by atoms with Crippen LogP contribution in [0.2, 0.25) is 0 Å². The van der Waals surface area contributed by atoms with Gasteiger partial charge in [-0.2, -0.15) is 0 Å². The first-order valence-electron chi connectivity index (χ1n) is 6.15. The molecule has 0 saturated heterocycles. The molecule has 0 bridgehead atoms. The van der Waals surface area contributed by atoms with E-state index in [-0.39, 0.29) is 6.61 Å². The van der Waals surface area contributed by atoms with Gasteiger partial charge in [-0.05, 0) is 31.9 Å². The summed E-state index contributed by atoms with van der Waals surface area (Å²) >= 11 is 0. The van der Waals surface area contributed by atoms with E-state index in [1.165, 1.54) is 18.2 Å². The number of nitrogens with one attached hydrogen (secondary N) is 1. The quantitative estimate of drug-likeness (QED) is 0.562. The molecule has 0 fully saturated rings. The van der Waals surface area contributed by atoms with Crippen LogP contribution >= 0.6 is 0 Å². The minimum atomic E-state index is -0.618. The van der Waals surface area contributed by atoms with Crippen molar-refractivity contribution < 1.29 is 14.6 Å². The zero-order valence-corrected chi connectivity index (χ0v) is 11.0. The third-order valence-corrected chi connectivity index (χ3v) is 2.82. The molecule has 4 nitrogen and oxygen atoms in total. The molecule has 2 N–H and O–H groups in total. The molecule has 0 aromatic heterocycles. The summed E-state index contributed by atoms with van der Waals surface area (Å²) in [7, 11) is 1.32. The van der Waals surface area contributed by atoms with Gasteiger partial charge in [-0.15, -0.1) is 0 Å². The van der Waals surface area contributed by atoms with Gasteiger partial charge in [-0.1, -0.05) is 29.8 Å². The predicted octanol–water partition coefficient (Wildman–Crippen LogP) is 1.05. The van der Waals surface area contributed by atoms with Gasteiger partial charge in [0.1, 0.15) is 6.04 Å². The van der Waals surface area contributed by atoms with Crippen molar-refractivity contribution in [1.29, 1.82) is 0 Å². The van der Waals surface area contributed by atoms with E-state index in [2.05, 4.69) is 41.2 Å². The maximum absolute atomic E-state index is 11.2. The lowest BCUT2D eigenvalue weighted by atomic mass is 10.1. The average Bonchev–Trinajstić information content (AvgIpc) is 2.40. The van der Waals surface area contributed by atoms with Crippen LogP contribution in [0, 0.1) is 6.92 Å². The Kier molecular flexibility index (Phi) is 6.39. The molecule has 0 amide bonds. The van der Waals surface area contributed by atoms with Gasteiger partial charge in [0.25, 0.3) is 0 Å². The topological polar surface area (TPSA) is 58.6 Å². The summed E-state index contributed by atoms with van der Waals surface area (Å²) in [6.45, 7) is 2.50. The van der Waals surface area contributed by atoms with E-state index in [0.29, 0.717) is 6.54 Å². The molecule has 4 heteroatoms. The first-order chi connectivity index (χ1) is 8.67. The Morgan fingerprint density at radius 3 is 2.61 bits per heavy atom. The summed E-state index contributed by atoms with van der Waals surface area (Å²) < 4.78 is 4.57. The van der Waals surface area contributed by atoms with E-state index in [1.807, 2.05) is 0 Å². The van der Waals surface area contributed by atoms with Gasteiger partial charge in [0.2, 0.25) is 0 Å². The van der Waals surface area contributed by atoms with Crippen LogP contribution in [0.1, 0.15) is 17.5 Å². The number of aliphatic hydroxyl groups is 1. The molecule has 1 atom stereocenters. The van der Waals surface area contributed by atoms with Crippen LogP contribution in [0.25, 0.3) is 0 Å². The number of hydrogen-bond acceptors (Lipinski definition) is 4. The average molecular weight is 251 g/mol. The molecule has 18 heavy (non-hydrogen) atoms. The largest absolute Gasteiger partial charge is 0.468 e. The maximum atomic E-state index is 11.2. The summed E-state index contributed by atoms with van der Waals surface area (Å²) in [5, 5.41) is 12.0. The Hall–Kier alpha value is -1.39. The second-order valence-corrected chi connectivity index (χ2v) is 4.30. The summed E-state index contributed by atoms with van der Waals surface area (Å²) in [5.41, 5.74) is 2.53. The van der Waals surface area contributed by atoms with Gasteiger partial charge in [-0.3, -0.25) is 4.79 Å². The fraction of sp³-hybridized carbons (Fsp3) is 0.500. The molecule has 0 aliphatic carbocycles. The molecule has 0 spiro atoms. The zero-order valence-electron chi connectivity index (χ0n) is 11.0. The highest BCUT2D eigenvalue weighted by molar-refractivity contribution is 5.75. The minimum Gasteiger partial charge on any atom is -0.468 e. The van der Waals surface area contributed by atoms with E-state index in [9.17, 15) is 4.79 Å². The molecule has 0 heterocycles. The zero-order chi connectivity index (χ0) is 13.4. The third kappa shape index (κ3) is 4.85. The number of carbonyl (C=O) groups is 1. The first kappa shape index (κ1) is 14.7. The monoisotopic (exact) mass is 251 g/mol. The van der Waals surface area contributed by atoms with Crippen LogP contribution in [0.5, 0.6) is 0 Å². The number of aliphatic hydroxyl groups excluding tert-OH is 1. The number of rotatable bonds is 7. The van der Waals surface area contributed by atoms with Crippen LogP contribution in [-0.4, -0.2) is 37.4 Å². The first-order valence-corrected chi connectivity index (χ1v) is 6.15. The lowest BCUT2D eigenvalue weighted by Crippen LogP contribution is -2.41. The number of ether oxygens (including phenoxy) is 1. The van der Waals surface area contributed by atoms with Gasteiger partial charge in [0.05, 0.1) is 13.7 Å². The van der Waals surface area contributed by atoms with Crippen molar-refractivity contribution in [3.8, 4) is 0 Å². The standard InChI is InChI=1S/C14H21NO3/c1-11-5-7-12(8-6-11)4-3-9-15-13(10-16)14(17)18-2/h5-8,13,15-16H,3-4,9-10H2,1-2H3. The molecule has 0 aliphatic rings. The summed E-state index contributed by atoms with van der Waals surface area (Å²) in [6, 6.07) is 7.79. The molecular weight excluding hydrogens is 230 g/mol. The fourth-order valence-electron chi connectivity index (χ4n) is 1.69. The van der Waals surface area contributed by atoms with Crippen molar-refractivity contribution in [1.82, 2.24) is 5.32 Å². The molecule has 1 rings (SSSR count). The van der Waals surface area contributed by atoms with Crippen molar-refractivity contribution >= 4 is 5.97 Å². The highest BCUT2D eigenvalue weighted by Crippen LogP contribution is 2.05. The second kappa shape index (κ2) is 7.84. The maximum Gasteiger partial charge on any atom is 0.325 e. The predicted molar refractivity (Wildman–Crippen MR) is 70.4 cm³/mol. The Morgan fingerprint density at radius 2 is 2.06 bits per heavy atom. The third-order valence-electron chi connectivity index (χ3n) is 2.82. The summed E-state index contributed by atoms with van der Waals surface area (Å²) in [4.78, 5) is 11.2. The van der Waals surface area contributed by atoms with Gasteiger partial charge < -0.3 is 15.2 Å². The number of aryl methyl sites for hydroxylation is 2. The van der Waals surface area contributed by atoms with Crippen LogP contribution in [0.15, 0.2) is 24.3 Å². The van der Waals surface area contributed by atoms with Gasteiger partial charge in [0.15, 0.2) is 0 Å². The van der Waals surface area contributed by atoms with Crippen molar-refractivity contribution in [2.24, 2.45) is 0 Å². The highest BCUT2D eigenvalue weighted by Gasteiger charge is 2.16. The Morgan fingerprint density at radius 1 is 1.39 bits per heavy atom. The summed E-state index contributed by atoms with van der Waals surface area (Å²) in [5.74, 6) is -0.423. The van der Waals surface area contributed by atoms with Crippen molar-refractivity contribution in [3.63, 3.8) is 0 Å². The number of hydrogen-bond donors (Lipinski definition) is 2. The number of esters is 1. The van der Waals surface area contributed by atoms with E-state index >= 15 is 0 Å². The van der Waals surface area contributed by atoms with Crippen LogP contribution in [-0.2, 0) is 16.0 Å². The fourth-order valence-corrected chi connectivity index (χ4v) is 1.69. The molecule has 0 radical (unpaired) electrons. The lowest BCUT2D eigenvalue weighted by Gasteiger charge is -2.13. The van der Waals surface area contributed by atoms with E-state index < -0.39 is 12.0 Å². The number of carbonyl (C=O) groups excluding carboxylic acids is 1. The molecule has 1 unspecified atom stereocenters. The van der Waals surface area contributed by atoms with Crippen molar-refractivity contribution in [2.75, 3.05) is 20.3 Å². The van der Waals surface area contributed by atoms with E-state index in [1.54, 1.807) is 0 Å². The highest BCUT2D eigenvalue weighted by atomic mass is 16.5. The van der Waals surface area contributed by atoms with Crippen LogP contribution < -0.4 is 5.32 Å². The van der Waals surface area contributed by atoms with Crippen LogP contribution in [0.4, 0.5) is 0 Å². The molecule has 1 aromatic carbocycles. The van der Waals surface area contributed by atoms with E-state index in [4.69, 9.17) is 5.11 Å². The van der Waals surface area contributed by atoms with E-state index in [0.717, 1.165) is 12.8 Å².